The Kier molecular flexibility index (Phi) is 4.23. The van der Waals surface area contributed by atoms with Crippen LogP contribution in [-0.2, 0) is 11.3 Å². The van der Waals surface area contributed by atoms with E-state index in [0.29, 0.717) is 6.42 Å². The number of hydrogen-bond acceptors (Lipinski definition) is 2. The minimum atomic E-state index is 0.164. The largest absolute Gasteiger partial charge is 0.332 e. The van der Waals surface area contributed by atoms with Crippen LogP contribution in [0.25, 0.3) is 11.0 Å². The van der Waals surface area contributed by atoms with Crippen LogP contribution in [0.1, 0.15) is 44.9 Å². The first kappa shape index (κ1) is 14.1. The van der Waals surface area contributed by atoms with Crippen LogP contribution in [0, 0.1) is 0 Å². The fourth-order valence-electron chi connectivity index (χ4n) is 2.98. The Hall–Kier alpha value is -1.84. The lowest BCUT2D eigenvalue weighted by Gasteiger charge is -2.17. The molecule has 0 saturated carbocycles. The fraction of sp³-hybridized carbons (Fsp3) is 0.529. The predicted molar refractivity (Wildman–Crippen MR) is 85.5 cm³/mol. The van der Waals surface area contributed by atoms with E-state index in [1.165, 1.54) is 25.7 Å². The van der Waals surface area contributed by atoms with Crippen molar-refractivity contribution in [2.45, 2.75) is 51.5 Å². The standard InChI is InChI=1S/C17H23N3O/c1-19-15-10-9-14-11-13-20(17(14)18-15)12-7-5-3-2-4-6-8-16(19)21/h9-11,13H,2-8,12H2,1H3. The molecule has 112 valence electrons. The van der Waals surface area contributed by atoms with Gasteiger partial charge < -0.3 is 4.57 Å². The molecule has 0 atom stereocenters. The molecule has 0 aromatic carbocycles. The molecular formula is C17H23N3O. The van der Waals surface area contributed by atoms with Crippen molar-refractivity contribution in [1.29, 1.82) is 0 Å². The van der Waals surface area contributed by atoms with E-state index in [1.54, 1.807) is 4.90 Å². The van der Waals surface area contributed by atoms with Crippen molar-refractivity contribution in [2.24, 2.45) is 0 Å². The summed E-state index contributed by atoms with van der Waals surface area (Å²) >= 11 is 0. The molecule has 2 aromatic heterocycles. The molecular weight excluding hydrogens is 262 g/mol. The minimum Gasteiger partial charge on any atom is -0.332 e. The molecule has 0 aliphatic carbocycles. The van der Waals surface area contributed by atoms with Gasteiger partial charge in [-0.1, -0.05) is 25.7 Å². The molecule has 0 unspecified atom stereocenters. The second-order valence-electron chi connectivity index (χ2n) is 5.92. The Bertz CT molecular complexity index is 632. The molecule has 2 aromatic rings. The number of carbonyl (C=O) groups is 1. The summed E-state index contributed by atoms with van der Waals surface area (Å²) in [6, 6.07) is 6.10. The highest BCUT2D eigenvalue weighted by Crippen LogP contribution is 2.21. The second-order valence-corrected chi connectivity index (χ2v) is 5.92. The number of fused-ring (bicyclic) bond motifs is 1. The van der Waals surface area contributed by atoms with Gasteiger partial charge in [0.1, 0.15) is 11.5 Å². The lowest BCUT2D eigenvalue weighted by molar-refractivity contribution is -0.118. The molecule has 2 bridgehead atoms. The van der Waals surface area contributed by atoms with Crippen LogP contribution in [0.3, 0.4) is 0 Å². The maximum absolute atomic E-state index is 12.2. The van der Waals surface area contributed by atoms with E-state index in [-0.39, 0.29) is 5.91 Å². The summed E-state index contributed by atoms with van der Waals surface area (Å²) in [6.45, 7) is 1.01. The number of carbonyl (C=O) groups excluding carboxylic acids is 1. The number of aryl methyl sites for hydroxylation is 1. The number of hydrogen-bond donors (Lipinski definition) is 0. The van der Waals surface area contributed by atoms with Crippen LogP contribution in [0.15, 0.2) is 24.4 Å². The maximum atomic E-state index is 12.2. The molecule has 4 nitrogen and oxygen atoms in total. The van der Waals surface area contributed by atoms with Crippen molar-refractivity contribution in [3.8, 4) is 0 Å². The average molecular weight is 285 g/mol. The third-order valence-electron chi connectivity index (χ3n) is 4.35. The van der Waals surface area contributed by atoms with Gasteiger partial charge >= 0.3 is 0 Å². The van der Waals surface area contributed by atoms with E-state index in [1.807, 2.05) is 13.1 Å². The Morgan fingerprint density at radius 3 is 2.62 bits per heavy atom. The normalized spacial score (nSPS) is 18.1. The van der Waals surface area contributed by atoms with E-state index < -0.39 is 0 Å². The van der Waals surface area contributed by atoms with Gasteiger partial charge in [-0.15, -0.1) is 0 Å². The van der Waals surface area contributed by atoms with E-state index in [9.17, 15) is 4.79 Å². The van der Waals surface area contributed by atoms with E-state index in [2.05, 4.69) is 22.9 Å². The van der Waals surface area contributed by atoms with Crippen molar-refractivity contribution >= 4 is 22.8 Å². The highest BCUT2D eigenvalue weighted by Gasteiger charge is 2.13. The first-order valence-corrected chi connectivity index (χ1v) is 7.98. The molecule has 4 heteroatoms. The van der Waals surface area contributed by atoms with Crippen molar-refractivity contribution < 1.29 is 4.79 Å². The van der Waals surface area contributed by atoms with Gasteiger partial charge in [-0.25, -0.2) is 4.98 Å². The van der Waals surface area contributed by atoms with Gasteiger partial charge in [-0.2, -0.15) is 0 Å². The SMILES string of the molecule is CN1C(=O)CCCCCCCCn2ccc3ccc1nc32. The average Bonchev–Trinajstić information content (AvgIpc) is 2.90. The number of anilines is 1. The number of aromatic nitrogens is 2. The number of amides is 1. The van der Waals surface area contributed by atoms with Crippen LogP contribution >= 0.6 is 0 Å². The van der Waals surface area contributed by atoms with Gasteiger partial charge in [0, 0.05) is 31.6 Å². The molecule has 3 heterocycles. The van der Waals surface area contributed by atoms with Gasteiger partial charge in [0.05, 0.1) is 0 Å². The highest BCUT2D eigenvalue weighted by molar-refractivity contribution is 5.93. The van der Waals surface area contributed by atoms with Crippen molar-refractivity contribution in [1.82, 2.24) is 9.55 Å². The zero-order valence-electron chi connectivity index (χ0n) is 12.7. The second kappa shape index (κ2) is 6.29. The molecule has 21 heavy (non-hydrogen) atoms. The predicted octanol–water partition coefficient (Wildman–Crippen LogP) is 3.74. The lowest BCUT2D eigenvalue weighted by atomic mass is 10.1. The topological polar surface area (TPSA) is 38.1 Å². The summed E-state index contributed by atoms with van der Waals surface area (Å²) in [5, 5.41) is 1.15. The van der Waals surface area contributed by atoms with Gasteiger partial charge in [-0.3, -0.25) is 9.69 Å². The quantitative estimate of drug-likeness (QED) is 0.739. The number of nitrogens with zero attached hydrogens (tertiary/aromatic N) is 3. The first-order chi connectivity index (χ1) is 10.3. The Morgan fingerprint density at radius 2 is 1.76 bits per heavy atom. The molecule has 0 spiro atoms. The van der Waals surface area contributed by atoms with Crippen molar-refractivity contribution in [2.75, 3.05) is 11.9 Å². The molecule has 3 rings (SSSR count). The van der Waals surface area contributed by atoms with Crippen LogP contribution in [0.4, 0.5) is 5.82 Å². The summed E-state index contributed by atoms with van der Waals surface area (Å²) in [4.78, 5) is 18.6. The fourth-order valence-corrected chi connectivity index (χ4v) is 2.98. The lowest BCUT2D eigenvalue weighted by Crippen LogP contribution is -2.26. The van der Waals surface area contributed by atoms with Crippen LogP contribution in [0.5, 0.6) is 0 Å². The van der Waals surface area contributed by atoms with E-state index in [0.717, 1.165) is 36.2 Å². The number of pyridine rings is 1. The monoisotopic (exact) mass is 285 g/mol. The molecule has 1 aliphatic heterocycles. The summed E-state index contributed by atoms with van der Waals surface area (Å²) in [7, 11) is 1.83. The van der Waals surface area contributed by atoms with Crippen LogP contribution in [-0.4, -0.2) is 22.5 Å². The zero-order valence-corrected chi connectivity index (χ0v) is 12.7. The molecule has 1 amide bonds. The van der Waals surface area contributed by atoms with Gasteiger partial charge in [0.2, 0.25) is 5.91 Å². The van der Waals surface area contributed by atoms with Crippen molar-refractivity contribution in [3.05, 3.63) is 24.4 Å². The summed E-state index contributed by atoms with van der Waals surface area (Å²) in [5.41, 5.74) is 0.990. The minimum absolute atomic E-state index is 0.164. The van der Waals surface area contributed by atoms with Crippen LogP contribution < -0.4 is 4.90 Å². The van der Waals surface area contributed by atoms with Gasteiger partial charge in [0.15, 0.2) is 0 Å². The maximum Gasteiger partial charge on any atom is 0.227 e. The smallest absolute Gasteiger partial charge is 0.227 e. The molecule has 0 saturated heterocycles. The van der Waals surface area contributed by atoms with Crippen molar-refractivity contribution in [3.63, 3.8) is 0 Å². The molecule has 1 aliphatic rings. The summed E-state index contributed by atoms with van der Waals surface area (Å²) in [6.07, 6.45) is 9.83. The van der Waals surface area contributed by atoms with E-state index >= 15 is 0 Å². The Balaban J connectivity index is 1.94. The first-order valence-electron chi connectivity index (χ1n) is 7.98. The molecule has 0 fully saturated rings. The Morgan fingerprint density at radius 1 is 1.00 bits per heavy atom. The Labute approximate surface area is 125 Å². The highest BCUT2D eigenvalue weighted by atomic mass is 16.2. The summed E-state index contributed by atoms with van der Waals surface area (Å²) in [5.74, 6) is 0.918. The molecule has 0 radical (unpaired) electrons. The third-order valence-corrected chi connectivity index (χ3v) is 4.35. The zero-order chi connectivity index (χ0) is 14.7. The van der Waals surface area contributed by atoms with Gasteiger partial charge in [-0.05, 0) is 31.0 Å². The van der Waals surface area contributed by atoms with Crippen LogP contribution in [0.2, 0.25) is 0 Å². The van der Waals surface area contributed by atoms with E-state index in [4.69, 9.17) is 4.98 Å². The number of rotatable bonds is 0. The molecule has 0 N–H and O–H groups in total. The third kappa shape index (κ3) is 3.09. The van der Waals surface area contributed by atoms with Gasteiger partial charge in [0.25, 0.3) is 0 Å². The summed E-state index contributed by atoms with van der Waals surface area (Å²) < 4.78 is 2.21.